The van der Waals surface area contributed by atoms with E-state index in [9.17, 15) is 4.79 Å². The topological polar surface area (TPSA) is 38.1 Å². The summed E-state index contributed by atoms with van der Waals surface area (Å²) in [5, 5.41) is 6.24. The van der Waals surface area contributed by atoms with Crippen molar-refractivity contribution in [1.82, 2.24) is 14.7 Å². The Morgan fingerprint density at radius 1 is 1.56 bits per heavy atom. The quantitative estimate of drug-likeness (QED) is 0.830. The number of nitrogens with zero attached hydrogens (tertiary/aromatic N) is 3. The van der Waals surface area contributed by atoms with Crippen LogP contribution in [-0.4, -0.2) is 27.1 Å². The van der Waals surface area contributed by atoms with Crippen LogP contribution in [0.2, 0.25) is 0 Å². The molecular weight excluding hydrogens is 246 g/mol. The number of fused-ring (bicyclic) bond motifs is 1. The van der Waals surface area contributed by atoms with Crippen LogP contribution in [0.4, 0.5) is 0 Å². The van der Waals surface area contributed by atoms with Gasteiger partial charge in [0, 0.05) is 30.4 Å². The van der Waals surface area contributed by atoms with E-state index < -0.39 is 0 Å². The SMILES string of the molecule is C[C@@H](C(=O)N1CCc2sccc2C1)n1cccn1. The van der Waals surface area contributed by atoms with Gasteiger partial charge in [0.25, 0.3) is 0 Å². The molecule has 3 rings (SSSR count). The minimum Gasteiger partial charge on any atom is -0.336 e. The maximum absolute atomic E-state index is 12.4. The third-order valence-electron chi connectivity index (χ3n) is 3.40. The summed E-state index contributed by atoms with van der Waals surface area (Å²) in [5.74, 6) is 0.149. The van der Waals surface area contributed by atoms with Crippen LogP contribution in [0.1, 0.15) is 23.4 Å². The first-order valence-electron chi connectivity index (χ1n) is 6.09. The third kappa shape index (κ3) is 1.95. The lowest BCUT2D eigenvalue weighted by molar-refractivity contribution is -0.135. The van der Waals surface area contributed by atoms with Crippen LogP contribution in [0, 0.1) is 0 Å². The summed E-state index contributed by atoms with van der Waals surface area (Å²) in [7, 11) is 0. The Morgan fingerprint density at radius 3 is 3.22 bits per heavy atom. The van der Waals surface area contributed by atoms with Crippen molar-refractivity contribution in [3.63, 3.8) is 0 Å². The van der Waals surface area contributed by atoms with Gasteiger partial charge in [-0.25, -0.2) is 0 Å². The van der Waals surface area contributed by atoms with Crippen LogP contribution in [-0.2, 0) is 17.8 Å². The van der Waals surface area contributed by atoms with Gasteiger partial charge in [0.2, 0.25) is 5.91 Å². The van der Waals surface area contributed by atoms with Gasteiger partial charge in [-0.05, 0) is 36.4 Å². The highest BCUT2D eigenvalue weighted by molar-refractivity contribution is 7.10. The fourth-order valence-corrected chi connectivity index (χ4v) is 3.21. The predicted molar refractivity (Wildman–Crippen MR) is 70.4 cm³/mol. The Bertz CT molecular complexity index is 546. The molecule has 1 aliphatic rings. The molecule has 0 unspecified atom stereocenters. The van der Waals surface area contributed by atoms with Crippen molar-refractivity contribution in [3.8, 4) is 0 Å². The van der Waals surface area contributed by atoms with E-state index in [0.29, 0.717) is 0 Å². The van der Waals surface area contributed by atoms with Gasteiger partial charge in [-0.2, -0.15) is 5.10 Å². The summed E-state index contributed by atoms with van der Waals surface area (Å²) in [6.07, 6.45) is 4.52. The molecule has 2 aromatic rings. The maximum Gasteiger partial charge on any atom is 0.247 e. The second-order valence-electron chi connectivity index (χ2n) is 4.54. The summed E-state index contributed by atoms with van der Waals surface area (Å²) >= 11 is 1.79. The van der Waals surface area contributed by atoms with Crippen LogP contribution in [0.3, 0.4) is 0 Å². The van der Waals surface area contributed by atoms with Crippen LogP contribution in [0.25, 0.3) is 0 Å². The highest BCUT2D eigenvalue weighted by Gasteiger charge is 2.26. The number of hydrogen-bond donors (Lipinski definition) is 0. The molecule has 0 bridgehead atoms. The number of amides is 1. The molecule has 0 aliphatic carbocycles. The van der Waals surface area contributed by atoms with Gasteiger partial charge in [-0.15, -0.1) is 11.3 Å². The Balaban J connectivity index is 1.75. The van der Waals surface area contributed by atoms with Crippen molar-refractivity contribution >= 4 is 17.2 Å². The summed E-state index contributed by atoms with van der Waals surface area (Å²) in [4.78, 5) is 15.8. The fraction of sp³-hybridized carbons (Fsp3) is 0.385. The molecule has 1 amide bonds. The van der Waals surface area contributed by atoms with E-state index >= 15 is 0 Å². The van der Waals surface area contributed by atoms with Gasteiger partial charge in [0.15, 0.2) is 0 Å². The first-order valence-corrected chi connectivity index (χ1v) is 6.97. The number of carbonyl (C=O) groups is 1. The highest BCUT2D eigenvalue weighted by atomic mass is 32.1. The van der Waals surface area contributed by atoms with Crippen molar-refractivity contribution in [2.24, 2.45) is 0 Å². The molecule has 5 heteroatoms. The molecule has 0 saturated heterocycles. The molecule has 0 aromatic carbocycles. The standard InChI is InChI=1S/C13H15N3OS/c1-10(16-6-2-5-14-16)13(17)15-7-3-12-11(9-15)4-8-18-12/h2,4-6,8,10H,3,7,9H2,1H3/t10-/m0/s1. The molecule has 94 valence electrons. The van der Waals surface area contributed by atoms with Gasteiger partial charge < -0.3 is 4.90 Å². The summed E-state index contributed by atoms with van der Waals surface area (Å²) in [6.45, 7) is 3.46. The van der Waals surface area contributed by atoms with Crippen LogP contribution in [0.15, 0.2) is 29.9 Å². The van der Waals surface area contributed by atoms with Gasteiger partial charge in [0.05, 0.1) is 0 Å². The van der Waals surface area contributed by atoms with Crippen LogP contribution >= 0.6 is 11.3 Å². The molecule has 2 aromatic heterocycles. The minimum atomic E-state index is -0.222. The molecule has 0 radical (unpaired) electrons. The Labute approximate surface area is 110 Å². The molecule has 1 atom stereocenters. The van der Waals surface area contributed by atoms with Gasteiger partial charge in [0.1, 0.15) is 6.04 Å². The third-order valence-corrected chi connectivity index (χ3v) is 4.42. The van der Waals surface area contributed by atoms with Crippen LogP contribution in [0.5, 0.6) is 0 Å². The largest absolute Gasteiger partial charge is 0.336 e. The van der Waals surface area contributed by atoms with E-state index in [4.69, 9.17) is 0 Å². The first kappa shape index (κ1) is 11.5. The number of hydrogen-bond acceptors (Lipinski definition) is 3. The number of thiophene rings is 1. The zero-order valence-corrected chi connectivity index (χ0v) is 11.1. The van der Waals surface area contributed by atoms with Crippen molar-refractivity contribution in [3.05, 3.63) is 40.3 Å². The monoisotopic (exact) mass is 261 g/mol. The zero-order chi connectivity index (χ0) is 12.5. The number of rotatable bonds is 2. The lowest BCUT2D eigenvalue weighted by Crippen LogP contribution is -2.39. The highest BCUT2D eigenvalue weighted by Crippen LogP contribution is 2.25. The Kier molecular flexibility index (Phi) is 2.91. The molecule has 0 N–H and O–H groups in total. The molecule has 0 fully saturated rings. The normalized spacial score (nSPS) is 16.4. The van der Waals surface area contributed by atoms with Crippen molar-refractivity contribution < 1.29 is 4.79 Å². The molecule has 1 aliphatic heterocycles. The molecule has 4 nitrogen and oxygen atoms in total. The lowest BCUT2D eigenvalue weighted by Gasteiger charge is -2.29. The average Bonchev–Trinajstić information content (AvgIpc) is 3.06. The Hall–Kier alpha value is -1.62. The number of carbonyl (C=O) groups excluding carboxylic acids is 1. The average molecular weight is 261 g/mol. The van der Waals surface area contributed by atoms with Crippen molar-refractivity contribution in [2.75, 3.05) is 6.54 Å². The molecular formula is C13H15N3OS. The summed E-state index contributed by atoms with van der Waals surface area (Å²) in [5.41, 5.74) is 1.30. The predicted octanol–water partition coefficient (Wildman–Crippen LogP) is 2.09. The number of aromatic nitrogens is 2. The van der Waals surface area contributed by atoms with E-state index in [0.717, 1.165) is 19.5 Å². The van der Waals surface area contributed by atoms with Crippen molar-refractivity contribution in [1.29, 1.82) is 0 Å². The second-order valence-corrected chi connectivity index (χ2v) is 5.54. The maximum atomic E-state index is 12.4. The van der Waals surface area contributed by atoms with Gasteiger partial charge in [-0.1, -0.05) is 0 Å². The zero-order valence-electron chi connectivity index (χ0n) is 10.2. The molecule has 3 heterocycles. The first-order chi connectivity index (χ1) is 8.75. The summed E-state index contributed by atoms with van der Waals surface area (Å²) in [6, 6.07) is 3.75. The van der Waals surface area contributed by atoms with E-state index in [2.05, 4.69) is 16.5 Å². The molecule has 18 heavy (non-hydrogen) atoms. The smallest absolute Gasteiger partial charge is 0.247 e. The summed E-state index contributed by atoms with van der Waals surface area (Å²) < 4.78 is 1.71. The van der Waals surface area contributed by atoms with E-state index in [1.54, 1.807) is 22.2 Å². The van der Waals surface area contributed by atoms with Gasteiger partial charge >= 0.3 is 0 Å². The van der Waals surface area contributed by atoms with Crippen molar-refractivity contribution in [2.45, 2.75) is 25.9 Å². The second kappa shape index (κ2) is 4.57. The van der Waals surface area contributed by atoms with E-state index in [-0.39, 0.29) is 11.9 Å². The Morgan fingerprint density at radius 2 is 2.44 bits per heavy atom. The minimum absolute atomic E-state index is 0.149. The molecule has 0 spiro atoms. The lowest BCUT2D eigenvalue weighted by atomic mass is 10.1. The van der Waals surface area contributed by atoms with E-state index in [1.165, 1.54) is 10.4 Å². The van der Waals surface area contributed by atoms with Gasteiger partial charge in [-0.3, -0.25) is 9.48 Å². The van der Waals surface area contributed by atoms with Crippen LogP contribution < -0.4 is 0 Å². The molecule has 0 saturated carbocycles. The van der Waals surface area contributed by atoms with E-state index in [1.807, 2.05) is 24.1 Å². The fourth-order valence-electron chi connectivity index (χ4n) is 2.32.